The Morgan fingerprint density at radius 3 is 2.06 bits per heavy atom. The van der Waals surface area contributed by atoms with Gasteiger partial charge in [0.05, 0.1) is 17.8 Å². The Labute approximate surface area is 182 Å². The Morgan fingerprint density at radius 2 is 1.45 bits per heavy atom. The van der Waals surface area contributed by atoms with Crippen LogP contribution in [0.5, 0.6) is 0 Å². The molecular weight excluding hydrogens is 413 g/mol. The minimum Gasteiger partial charge on any atom is -0.481 e. The van der Waals surface area contributed by atoms with Crippen molar-refractivity contribution in [2.24, 2.45) is 0 Å². The van der Waals surface area contributed by atoms with E-state index in [1.54, 1.807) is 49.5 Å². The van der Waals surface area contributed by atoms with E-state index in [2.05, 4.69) is 0 Å². The van der Waals surface area contributed by atoms with Gasteiger partial charge in [0, 0.05) is 12.8 Å². The van der Waals surface area contributed by atoms with Crippen LogP contribution in [-0.2, 0) is 4.79 Å². The van der Waals surface area contributed by atoms with E-state index in [-0.39, 0.29) is 12.8 Å². The number of rotatable bonds is 16. The van der Waals surface area contributed by atoms with Gasteiger partial charge >= 0.3 is 12.1 Å². The molecule has 0 radical (unpaired) electrons. The highest BCUT2D eigenvalue weighted by molar-refractivity contribution is 5.66. The van der Waals surface area contributed by atoms with Gasteiger partial charge in [-0.05, 0) is 32.6 Å². The van der Waals surface area contributed by atoms with Crippen molar-refractivity contribution in [1.82, 2.24) is 0 Å². The number of aliphatic hydroxyl groups excluding tert-OH is 2. The predicted molar refractivity (Wildman–Crippen MR) is 114 cm³/mol. The molecule has 31 heavy (non-hydrogen) atoms. The molecule has 0 amide bonds. The first kappa shape index (κ1) is 29.1. The molecule has 0 aromatic carbocycles. The fraction of sp³-hybridized carbons (Fsp3) is 0.609. The Bertz CT molecular complexity index is 607. The minimum absolute atomic E-state index is 0.0113. The maximum atomic E-state index is 12.0. The molecule has 0 aliphatic carbocycles. The van der Waals surface area contributed by atoms with Gasteiger partial charge in [-0.25, -0.2) is 0 Å². The Hall–Kier alpha value is -1.90. The van der Waals surface area contributed by atoms with Crippen LogP contribution in [-0.4, -0.2) is 50.4 Å². The lowest BCUT2D eigenvalue weighted by Gasteiger charge is -2.17. The van der Waals surface area contributed by atoms with Crippen LogP contribution in [0.3, 0.4) is 0 Å². The number of allylic oxidation sites excluding steroid dienone is 6. The second-order valence-corrected chi connectivity index (χ2v) is 7.74. The molecule has 0 aromatic rings. The summed E-state index contributed by atoms with van der Waals surface area (Å²) in [5.41, 5.74) is -1.08. The average molecular weight is 449 g/mol. The van der Waals surface area contributed by atoms with Crippen LogP contribution in [0.4, 0.5) is 13.2 Å². The Balaban J connectivity index is 4.06. The molecule has 0 unspecified atom stereocenters. The lowest BCUT2D eigenvalue weighted by Crippen LogP contribution is -2.23. The van der Waals surface area contributed by atoms with E-state index in [1.807, 2.05) is 0 Å². The molecule has 178 valence electrons. The van der Waals surface area contributed by atoms with E-state index in [9.17, 15) is 33.3 Å². The molecule has 0 fully saturated rings. The zero-order valence-electron chi connectivity index (χ0n) is 18.0. The average Bonchev–Trinajstić information content (AvgIpc) is 2.64. The zero-order chi connectivity index (χ0) is 23.8. The van der Waals surface area contributed by atoms with Gasteiger partial charge < -0.3 is 20.4 Å². The van der Waals surface area contributed by atoms with Crippen LogP contribution in [0.25, 0.3) is 0 Å². The van der Waals surface area contributed by atoms with Gasteiger partial charge in [-0.15, -0.1) is 0 Å². The van der Waals surface area contributed by atoms with E-state index >= 15 is 0 Å². The summed E-state index contributed by atoms with van der Waals surface area (Å²) in [6.45, 7) is 1.60. The number of carbonyl (C=O) groups is 1. The maximum absolute atomic E-state index is 12.0. The number of hydrogen-bond donors (Lipinski definition) is 4. The number of hydrogen-bond acceptors (Lipinski definition) is 4. The number of halogens is 3. The summed E-state index contributed by atoms with van der Waals surface area (Å²) >= 11 is 0. The van der Waals surface area contributed by atoms with Crippen molar-refractivity contribution in [3.63, 3.8) is 0 Å². The molecule has 0 rings (SSSR count). The molecule has 3 atom stereocenters. The topological polar surface area (TPSA) is 98.0 Å². The summed E-state index contributed by atoms with van der Waals surface area (Å²) in [5.74, 6) is -0.893. The predicted octanol–water partition coefficient (Wildman–Crippen LogP) is 4.84. The van der Waals surface area contributed by atoms with Gasteiger partial charge in [-0.1, -0.05) is 67.9 Å². The molecule has 0 aromatic heterocycles. The molecule has 0 aliphatic rings. The zero-order valence-corrected chi connectivity index (χ0v) is 18.0. The monoisotopic (exact) mass is 448 g/mol. The van der Waals surface area contributed by atoms with Crippen LogP contribution in [0.2, 0.25) is 0 Å². The molecule has 0 aliphatic heterocycles. The van der Waals surface area contributed by atoms with E-state index < -0.39 is 36.4 Å². The van der Waals surface area contributed by atoms with E-state index in [4.69, 9.17) is 5.11 Å². The van der Waals surface area contributed by atoms with Crippen molar-refractivity contribution in [3.8, 4) is 0 Å². The number of carboxylic acids is 1. The molecule has 4 N–H and O–H groups in total. The van der Waals surface area contributed by atoms with Crippen molar-refractivity contribution >= 4 is 5.97 Å². The van der Waals surface area contributed by atoms with Gasteiger partial charge in [-0.3, -0.25) is 4.79 Å². The maximum Gasteiger partial charge on any atom is 0.389 e. The molecule has 0 saturated carbocycles. The fourth-order valence-corrected chi connectivity index (χ4v) is 2.71. The Morgan fingerprint density at radius 1 is 0.871 bits per heavy atom. The molecule has 0 heterocycles. The normalized spacial score (nSPS) is 17.1. The van der Waals surface area contributed by atoms with Gasteiger partial charge in [0.2, 0.25) is 0 Å². The summed E-state index contributed by atoms with van der Waals surface area (Å²) in [6, 6.07) is 0. The first-order valence-electron chi connectivity index (χ1n) is 10.5. The highest BCUT2D eigenvalue weighted by atomic mass is 19.4. The number of aliphatic carboxylic acids is 1. The lowest BCUT2D eigenvalue weighted by atomic mass is 9.98. The van der Waals surface area contributed by atoms with E-state index in [0.717, 1.165) is 0 Å². The first-order chi connectivity index (χ1) is 14.4. The standard InChI is InChI=1S/C23H35F3O5/c1-22(31,17-12-15-21(29)30)16-10-6-3-2-4-8-13-19(27)20(28)14-9-5-7-11-18-23(24,25)26/h2-4,6,8,10,13,16,19-20,27-28,31H,5,7,9,11-12,14-15,17-18H2,1H3,(H,29,30)/t19-,20+,22+/m0/s1. The number of aliphatic hydroxyl groups is 3. The SMILES string of the molecule is C[C@@](O)(C=CC=CC=CC=C[C@H](O)[C@H](O)CCCCCCC(F)(F)F)CCCC(=O)O. The van der Waals surface area contributed by atoms with Gasteiger partial charge in [0.1, 0.15) is 0 Å². The molecule has 8 heteroatoms. The van der Waals surface area contributed by atoms with Crippen molar-refractivity contribution in [2.75, 3.05) is 0 Å². The number of alkyl halides is 3. The summed E-state index contributed by atoms with van der Waals surface area (Å²) in [6.07, 6.45) is 8.78. The van der Waals surface area contributed by atoms with Crippen LogP contribution >= 0.6 is 0 Å². The smallest absolute Gasteiger partial charge is 0.389 e. The molecular formula is C23H35F3O5. The number of carboxylic acid groups (broad SMARTS) is 1. The largest absolute Gasteiger partial charge is 0.481 e. The summed E-state index contributed by atoms with van der Waals surface area (Å²) in [7, 11) is 0. The molecule has 5 nitrogen and oxygen atoms in total. The molecule has 0 spiro atoms. The third-order valence-electron chi connectivity index (χ3n) is 4.50. The lowest BCUT2D eigenvalue weighted by molar-refractivity contribution is -0.137. The van der Waals surface area contributed by atoms with Crippen molar-refractivity contribution in [3.05, 3.63) is 48.6 Å². The molecule has 0 saturated heterocycles. The second kappa shape index (κ2) is 15.8. The quantitative estimate of drug-likeness (QED) is 0.200. The van der Waals surface area contributed by atoms with Crippen molar-refractivity contribution in [2.45, 2.75) is 88.7 Å². The Kier molecular flexibility index (Phi) is 14.9. The number of unbranched alkanes of at least 4 members (excludes halogenated alkanes) is 3. The molecule has 0 bridgehead atoms. The third-order valence-corrected chi connectivity index (χ3v) is 4.50. The van der Waals surface area contributed by atoms with E-state index in [1.165, 1.54) is 6.08 Å². The van der Waals surface area contributed by atoms with Crippen LogP contribution in [0.1, 0.15) is 64.7 Å². The van der Waals surface area contributed by atoms with Crippen molar-refractivity contribution in [1.29, 1.82) is 0 Å². The third kappa shape index (κ3) is 19.8. The van der Waals surface area contributed by atoms with Crippen LogP contribution in [0.15, 0.2) is 48.6 Å². The van der Waals surface area contributed by atoms with Gasteiger partial charge in [0.15, 0.2) is 0 Å². The summed E-state index contributed by atoms with van der Waals surface area (Å²) < 4.78 is 36.1. The van der Waals surface area contributed by atoms with E-state index in [0.29, 0.717) is 38.5 Å². The van der Waals surface area contributed by atoms with Crippen LogP contribution < -0.4 is 0 Å². The fourth-order valence-electron chi connectivity index (χ4n) is 2.71. The van der Waals surface area contributed by atoms with Crippen LogP contribution in [0, 0.1) is 0 Å². The summed E-state index contributed by atoms with van der Waals surface area (Å²) in [4.78, 5) is 10.5. The summed E-state index contributed by atoms with van der Waals surface area (Å²) in [5, 5.41) is 38.4. The highest BCUT2D eigenvalue weighted by Gasteiger charge is 2.25. The first-order valence-corrected chi connectivity index (χ1v) is 10.5. The minimum atomic E-state index is -4.12. The highest BCUT2D eigenvalue weighted by Crippen LogP contribution is 2.23. The van der Waals surface area contributed by atoms with Gasteiger partial charge in [-0.2, -0.15) is 13.2 Å². The van der Waals surface area contributed by atoms with Gasteiger partial charge in [0.25, 0.3) is 0 Å². The second-order valence-electron chi connectivity index (χ2n) is 7.74. The van der Waals surface area contributed by atoms with Crippen molar-refractivity contribution < 1.29 is 38.4 Å².